The molecule has 0 saturated carbocycles. The van der Waals surface area contributed by atoms with Crippen molar-refractivity contribution in [3.05, 3.63) is 70.1 Å². The number of phenolic OH excluding ortho intramolecular Hbond substituents is 2. The summed E-state index contributed by atoms with van der Waals surface area (Å²) in [6.07, 6.45) is -1.20. The number of carbonyl (C=O) groups is 1. The predicted molar refractivity (Wildman–Crippen MR) is 115 cm³/mol. The molecule has 1 atom stereocenters. The van der Waals surface area contributed by atoms with Gasteiger partial charge in [-0.05, 0) is 12.5 Å². The van der Waals surface area contributed by atoms with E-state index < -0.39 is 29.2 Å². The minimum absolute atomic E-state index is 0.00645. The van der Waals surface area contributed by atoms with Gasteiger partial charge in [-0.3, -0.25) is 4.79 Å². The van der Waals surface area contributed by atoms with E-state index in [1.807, 2.05) is 6.07 Å². The highest BCUT2D eigenvalue weighted by molar-refractivity contribution is 6.14. The number of aromatic hydroxyl groups is 2. The third kappa shape index (κ3) is 3.74. The molecule has 3 N–H and O–H groups in total. The lowest BCUT2D eigenvalue weighted by molar-refractivity contribution is 0.0937. The summed E-state index contributed by atoms with van der Waals surface area (Å²) in [4.78, 5) is 25.2. The first-order valence-electron chi connectivity index (χ1n) is 9.61. The van der Waals surface area contributed by atoms with Crippen LogP contribution in [0.1, 0.15) is 36.7 Å². The van der Waals surface area contributed by atoms with Crippen molar-refractivity contribution in [2.45, 2.75) is 33.3 Å². The molecule has 0 amide bonds. The topological polar surface area (TPSA) is 108 Å². The molecular formula is C24H24O6. The fraction of sp³-hybridized carbons (Fsp3) is 0.250. The van der Waals surface area contributed by atoms with Crippen molar-refractivity contribution in [1.82, 2.24) is 0 Å². The monoisotopic (exact) mass is 408 g/mol. The highest BCUT2D eigenvalue weighted by Crippen LogP contribution is 2.44. The second-order valence-electron chi connectivity index (χ2n) is 7.69. The number of Topliss-reactive ketones (excluding diaryl/α,β-unsaturated/α-hetero) is 1. The number of aliphatic hydroxyl groups excluding tert-OH is 1. The number of aliphatic hydroxyl groups is 1. The van der Waals surface area contributed by atoms with Crippen LogP contribution in [0.15, 0.2) is 57.8 Å². The molecule has 3 aromatic rings. The zero-order valence-electron chi connectivity index (χ0n) is 17.1. The Morgan fingerprint density at radius 3 is 2.33 bits per heavy atom. The van der Waals surface area contributed by atoms with Gasteiger partial charge >= 0.3 is 5.63 Å². The van der Waals surface area contributed by atoms with Crippen molar-refractivity contribution in [2.75, 3.05) is 0 Å². The molecule has 1 unspecified atom stereocenters. The van der Waals surface area contributed by atoms with Crippen LogP contribution in [0, 0.1) is 5.92 Å². The van der Waals surface area contributed by atoms with Crippen LogP contribution in [0.3, 0.4) is 0 Å². The predicted octanol–water partition coefficient (Wildman–Crippen LogP) is 4.19. The molecule has 3 rings (SSSR count). The molecule has 0 aliphatic heterocycles. The summed E-state index contributed by atoms with van der Waals surface area (Å²) >= 11 is 0. The highest BCUT2D eigenvalue weighted by atomic mass is 16.4. The molecule has 0 aliphatic carbocycles. The van der Waals surface area contributed by atoms with Gasteiger partial charge in [0.05, 0.1) is 11.5 Å². The summed E-state index contributed by atoms with van der Waals surface area (Å²) in [6, 6.07) is 10.1. The maximum absolute atomic E-state index is 12.9. The molecular weight excluding hydrogens is 384 g/mol. The number of phenols is 2. The van der Waals surface area contributed by atoms with E-state index in [0.29, 0.717) is 16.7 Å². The first kappa shape index (κ1) is 21.3. The van der Waals surface area contributed by atoms with E-state index in [2.05, 4.69) is 6.58 Å². The van der Waals surface area contributed by atoms with Gasteiger partial charge in [-0.25, -0.2) is 4.79 Å². The van der Waals surface area contributed by atoms with Crippen LogP contribution >= 0.6 is 0 Å². The van der Waals surface area contributed by atoms with Crippen molar-refractivity contribution >= 4 is 16.8 Å². The average Bonchev–Trinajstić information content (AvgIpc) is 2.70. The van der Waals surface area contributed by atoms with Crippen LogP contribution in [0.4, 0.5) is 0 Å². The fourth-order valence-corrected chi connectivity index (χ4v) is 3.35. The second kappa shape index (κ2) is 8.16. The maximum atomic E-state index is 12.9. The van der Waals surface area contributed by atoms with E-state index in [4.69, 9.17) is 4.42 Å². The lowest BCUT2D eigenvalue weighted by atomic mass is 9.89. The Labute approximate surface area is 173 Å². The third-order valence-electron chi connectivity index (χ3n) is 5.06. The molecule has 30 heavy (non-hydrogen) atoms. The molecule has 0 spiro atoms. The van der Waals surface area contributed by atoms with Gasteiger partial charge in [0.25, 0.3) is 0 Å². The van der Waals surface area contributed by atoms with Gasteiger partial charge in [-0.2, -0.15) is 0 Å². The van der Waals surface area contributed by atoms with Crippen molar-refractivity contribution in [3.8, 4) is 22.6 Å². The quantitative estimate of drug-likeness (QED) is 0.321. The second-order valence-corrected chi connectivity index (χ2v) is 7.69. The van der Waals surface area contributed by atoms with Gasteiger partial charge in [0.1, 0.15) is 17.1 Å². The van der Waals surface area contributed by atoms with Gasteiger partial charge in [-0.15, -0.1) is 0 Å². The number of rotatable bonds is 6. The molecule has 2 aromatic carbocycles. The number of fused-ring (bicyclic) bond motifs is 1. The standard InChI is InChI=1S/C24H24O6/c1-12(2)17(25)10-16-22(28)19-15(14-8-6-5-7-9-14)11-18(26)30-24(19)20(23(16)29)21(27)13(3)4/h5-9,11,13,17,25,28-29H,1,10H2,2-4H3. The summed E-state index contributed by atoms with van der Waals surface area (Å²) in [7, 11) is 0. The van der Waals surface area contributed by atoms with Crippen LogP contribution < -0.4 is 5.63 Å². The maximum Gasteiger partial charge on any atom is 0.336 e. The van der Waals surface area contributed by atoms with Crippen LogP contribution in [-0.4, -0.2) is 27.2 Å². The lowest BCUT2D eigenvalue weighted by Gasteiger charge is -2.19. The molecule has 1 aromatic heterocycles. The van der Waals surface area contributed by atoms with Gasteiger partial charge in [0.15, 0.2) is 11.4 Å². The van der Waals surface area contributed by atoms with Gasteiger partial charge < -0.3 is 19.7 Å². The number of hydrogen-bond donors (Lipinski definition) is 3. The smallest absolute Gasteiger partial charge is 0.336 e. The molecule has 0 aliphatic rings. The number of carbonyl (C=O) groups excluding carboxylic acids is 1. The lowest BCUT2D eigenvalue weighted by Crippen LogP contribution is -2.15. The molecule has 156 valence electrons. The molecule has 1 heterocycles. The Kier molecular flexibility index (Phi) is 5.80. The summed E-state index contributed by atoms with van der Waals surface area (Å²) in [5.74, 6) is -1.82. The fourth-order valence-electron chi connectivity index (χ4n) is 3.35. The largest absolute Gasteiger partial charge is 0.507 e. The number of ketones is 1. The number of hydrogen-bond acceptors (Lipinski definition) is 6. The van der Waals surface area contributed by atoms with E-state index in [-0.39, 0.29) is 34.3 Å². The highest BCUT2D eigenvalue weighted by Gasteiger charge is 2.29. The van der Waals surface area contributed by atoms with Gasteiger partial charge in [-0.1, -0.05) is 56.3 Å². The molecule has 0 fully saturated rings. The Bertz CT molecular complexity index is 1190. The first-order chi connectivity index (χ1) is 14.1. The van der Waals surface area contributed by atoms with Gasteiger partial charge in [0, 0.05) is 29.5 Å². The van der Waals surface area contributed by atoms with E-state index in [0.717, 1.165) is 0 Å². The SMILES string of the molecule is C=C(C)C(O)Cc1c(O)c(C(=O)C(C)C)c2oc(=O)cc(-c3ccccc3)c2c1O. The van der Waals surface area contributed by atoms with Crippen LogP contribution in [-0.2, 0) is 6.42 Å². The zero-order valence-corrected chi connectivity index (χ0v) is 17.1. The average molecular weight is 408 g/mol. The third-order valence-corrected chi connectivity index (χ3v) is 5.06. The van der Waals surface area contributed by atoms with Crippen molar-refractivity contribution in [2.24, 2.45) is 5.92 Å². The van der Waals surface area contributed by atoms with Crippen LogP contribution in [0.2, 0.25) is 0 Å². The zero-order chi connectivity index (χ0) is 22.2. The van der Waals surface area contributed by atoms with E-state index in [1.54, 1.807) is 45.0 Å². The van der Waals surface area contributed by atoms with E-state index in [9.17, 15) is 24.9 Å². The normalized spacial score (nSPS) is 12.3. The summed E-state index contributed by atoms with van der Waals surface area (Å²) < 4.78 is 5.32. The summed E-state index contributed by atoms with van der Waals surface area (Å²) in [5.41, 5.74) is 0.350. The van der Waals surface area contributed by atoms with Crippen LogP contribution in [0.5, 0.6) is 11.5 Å². The number of benzene rings is 2. The Morgan fingerprint density at radius 1 is 1.13 bits per heavy atom. The van der Waals surface area contributed by atoms with Gasteiger partial charge in [0.2, 0.25) is 0 Å². The first-order valence-corrected chi connectivity index (χ1v) is 9.61. The Morgan fingerprint density at radius 2 is 1.77 bits per heavy atom. The summed E-state index contributed by atoms with van der Waals surface area (Å²) in [5, 5.41) is 32.4. The molecule has 0 bridgehead atoms. The van der Waals surface area contributed by atoms with Crippen molar-refractivity contribution in [1.29, 1.82) is 0 Å². The Balaban J connectivity index is 2.49. The summed E-state index contributed by atoms with van der Waals surface area (Å²) in [6.45, 7) is 8.62. The van der Waals surface area contributed by atoms with E-state index >= 15 is 0 Å². The molecule has 0 radical (unpaired) electrons. The molecule has 6 heteroatoms. The minimum atomic E-state index is -1.04. The van der Waals surface area contributed by atoms with Crippen molar-refractivity contribution < 1.29 is 24.5 Å². The van der Waals surface area contributed by atoms with Crippen LogP contribution in [0.25, 0.3) is 22.1 Å². The molecule has 6 nitrogen and oxygen atoms in total. The van der Waals surface area contributed by atoms with E-state index in [1.165, 1.54) is 6.07 Å². The minimum Gasteiger partial charge on any atom is -0.507 e. The molecule has 0 saturated heterocycles. The van der Waals surface area contributed by atoms with Crippen molar-refractivity contribution in [3.63, 3.8) is 0 Å². The Hall–Kier alpha value is -3.38.